The first kappa shape index (κ1) is 23.4. The van der Waals surface area contributed by atoms with E-state index in [9.17, 15) is 0 Å². The van der Waals surface area contributed by atoms with Gasteiger partial charge >= 0.3 is 0 Å². The summed E-state index contributed by atoms with van der Waals surface area (Å²) in [6.07, 6.45) is 18.3. The quantitative estimate of drug-likeness (QED) is 0.261. The summed E-state index contributed by atoms with van der Waals surface area (Å²) in [5.74, 6) is 0. The van der Waals surface area contributed by atoms with Crippen molar-refractivity contribution in [2.45, 2.75) is 87.0 Å². The van der Waals surface area contributed by atoms with Crippen LogP contribution in [-0.2, 0) is 0 Å². The van der Waals surface area contributed by atoms with Crippen LogP contribution >= 0.6 is 0 Å². The number of rotatable bonds is 11. The molecule has 0 rings (SSSR count). The van der Waals surface area contributed by atoms with Gasteiger partial charge in [-0.25, -0.2) is 0 Å². The molecule has 0 heterocycles. The first-order valence-corrected chi connectivity index (χ1v) is 9.63. The second-order valence-corrected chi connectivity index (χ2v) is 7.80. The minimum atomic E-state index is 1.03. The van der Waals surface area contributed by atoms with E-state index in [4.69, 9.17) is 0 Å². The Labute approximate surface area is 157 Å². The van der Waals surface area contributed by atoms with Crippen LogP contribution in [0.3, 0.4) is 0 Å². The summed E-state index contributed by atoms with van der Waals surface area (Å²) in [6.45, 7) is 19.3. The first-order chi connectivity index (χ1) is 11.7. The van der Waals surface area contributed by atoms with Crippen molar-refractivity contribution in [2.24, 2.45) is 0 Å². The summed E-state index contributed by atoms with van der Waals surface area (Å²) >= 11 is 0. The third kappa shape index (κ3) is 15.7. The Bertz CT molecular complexity index is 509. The lowest BCUT2D eigenvalue weighted by Crippen LogP contribution is -1.86. The second-order valence-electron chi connectivity index (χ2n) is 7.80. The molecule has 0 unspecified atom stereocenters. The van der Waals surface area contributed by atoms with Gasteiger partial charge in [-0.1, -0.05) is 70.4 Å². The van der Waals surface area contributed by atoms with Crippen LogP contribution in [0.1, 0.15) is 87.0 Å². The van der Waals surface area contributed by atoms with Gasteiger partial charge in [0.2, 0.25) is 0 Å². The molecule has 0 saturated heterocycles. The maximum absolute atomic E-state index is 4.05. The molecular weight excluding hydrogens is 300 g/mol. The van der Waals surface area contributed by atoms with Crippen LogP contribution in [0, 0.1) is 0 Å². The van der Waals surface area contributed by atoms with Crippen molar-refractivity contribution >= 4 is 0 Å². The minimum Gasteiger partial charge on any atom is -0.0961 e. The zero-order chi connectivity index (χ0) is 19.2. The van der Waals surface area contributed by atoms with Crippen molar-refractivity contribution in [3.05, 3.63) is 70.4 Å². The molecule has 140 valence electrons. The van der Waals surface area contributed by atoms with E-state index in [2.05, 4.69) is 85.4 Å². The highest BCUT2D eigenvalue weighted by Crippen LogP contribution is 2.17. The molecule has 0 aromatic carbocycles. The molecule has 0 aromatic heterocycles. The SMILES string of the molecule is C=C(C)C=C(C/C=C(\C)CCC=C(C)C)C/C=C(\C)CCC=C(C)C. The van der Waals surface area contributed by atoms with Gasteiger partial charge in [-0.3, -0.25) is 0 Å². The molecule has 0 aliphatic carbocycles. The third-order valence-corrected chi connectivity index (χ3v) is 4.06. The van der Waals surface area contributed by atoms with Gasteiger partial charge in [-0.15, -0.1) is 0 Å². The first-order valence-electron chi connectivity index (χ1n) is 9.63. The van der Waals surface area contributed by atoms with E-state index in [1.165, 1.54) is 27.9 Å². The third-order valence-electron chi connectivity index (χ3n) is 4.06. The van der Waals surface area contributed by atoms with E-state index >= 15 is 0 Å². The van der Waals surface area contributed by atoms with Gasteiger partial charge in [0.05, 0.1) is 0 Å². The van der Waals surface area contributed by atoms with Gasteiger partial charge in [-0.2, -0.15) is 0 Å². The highest BCUT2D eigenvalue weighted by Gasteiger charge is 1.97. The fourth-order valence-electron chi connectivity index (χ4n) is 2.54. The van der Waals surface area contributed by atoms with E-state index in [0.717, 1.165) is 44.1 Å². The van der Waals surface area contributed by atoms with Gasteiger partial charge in [0.25, 0.3) is 0 Å². The fourth-order valence-corrected chi connectivity index (χ4v) is 2.54. The highest BCUT2D eigenvalue weighted by atomic mass is 14.0. The summed E-state index contributed by atoms with van der Waals surface area (Å²) in [7, 11) is 0. The molecule has 0 bridgehead atoms. The largest absolute Gasteiger partial charge is 0.0961 e. The molecule has 0 radical (unpaired) electrons. The van der Waals surface area contributed by atoms with Gasteiger partial charge < -0.3 is 0 Å². The second kappa shape index (κ2) is 13.7. The molecule has 0 amide bonds. The molecular formula is C25H40. The van der Waals surface area contributed by atoms with Crippen molar-refractivity contribution in [3.63, 3.8) is 0 Å². The maximum Gasteiger partial charge on any atom is -0.0130 e. The predicted octanol–water partition coefficient (Wildman–Crippen LogP) is 8.65. The smallest absolute Gasteiger partial charge is 0.0130 e. The summed E-state index contributed by atoms with van der Waals surface area (Å²) < 4.78 is 0. The van der Waals surface area contributed by atoms with Crippen LogP contribution in [0.15, 0.2) is 70.4 Å². The van der Waals surface area contributed by atoms with Crippen LogP contribution in [0.4, 0.5) is 0 Å². The molecule has 0 aromatic rings. The topological polar surface area (TPSA) is 0 Å². The van der Waals surface area contributed by atoms with Gasteiger partial charge in [0.1, 0.15) is 0 Å². The average Bonchev–Trinajstić information content (AvgIpc) is 2.48. The van der Waals surface area contributed by atoms with Gasteiger partial charge in [-0.05, 0) is 87.0 Å². The van der Waals surface area contributed by atoms with Crippen molar-refractivity contribution in [3.8, 4) is 0 Å². The van der Waals surface area contributed by atoms with Crippen LogP contribution in [0.25, 0.3) is 0 Å². The highest BCUT2D eigenvalue weighted by molar-refractivity contribution is 5.24. The Morgan fingerprint density at radius 2 is 1.04 bits per heavy atom. The zero-order valence-electron chi connectivity index (χ0n) is 17.8. The number of allylic oxidation sites excluding steroid dienone is 11. The van der Waals surface area contributed by atoms with Crippen LogP contribution in [-0.4, -0.2) is 0 Å². The number of hydrogen-bond donors (Lipinski definition) is 0. The molecule has 0 saturated carbocycles. The summed E-state index contributed by atoms with van der Waals surface area (Å²) in [4.78, 5) is 0. The molecule has 0 aliphatic heterocycles. The number of hydrogen-bond acceptors (Lipinski definition) is 0. The molecule has 0 fully saturated rings. The average molecular weight is 341 g/mol. The van der Waals surface area contributed by atoms with Crippen molar-refractivity contribution in [2.75, 3.05) is 0 Å². The monoisotopic (exact) mass is 340 g/mol. The van der Waals surface area contributed by atoms with Crippen LogP contribution in [0.2, 0.25) is 0 Å². The molecule has 0 N–H and O–H groups in total. The lowest BCUT2D eigenvalue weighted by Gasteiger charge is -2.06. The van der Waals surface area contributed by atoms with Gasteiger partial charge in [0, 0.05) is 0 Å². The molecule has 0 spiro atoms. The summed E-state index contributed by atoms with van der Waals surface area (Å²) in [5, 5.41) is 0. The maximum atomic E-state index is 4.05. The lowest BCUT2D eigenvalue weighted by atomic mass is 10.0. The van der Waals surface area contributed by atoms with E-state index in [1.54, 1.807) is 0 Å². The Morgan fingerprint density at radius 3 is 1.36 bits per heavy atom. The predicted molar refractivity (Wildman–Crippen MR) is 117 cm³/mol. The Balaban J connectivity index is 4.68. The molecule has 25 heavy (non-hydrogen) atoms. The zero-order valence-corrected chi connectivity index (χ0v) is 17.8. The standard InChI is InChI=1S/C25H40/c1-20(2)11-9-13-23(7)15-17-25(19-22(5)6)18-16-24(8)14-10-12-21(3)4/h11-12,15-16,19H,5,9-10,13-14,17-18H2,1-4,6-8H3/b23-15+,24-16+. The Morgan fingerprint density at radius 1 is 0.640 bits per heavy atom. The molecule has 0 heteroatoms. The van der Waals surface area contributed by atoms with Crippen LogP contribution < -0.4 is 0 Å². The van der Waals surface area contributed by atoms with E-state index in [0.29, 0.717) is 0 Å². The Kier molecular flexibility index (Phi) is 12.8. The summed E-state index contributed by atoms with van der Waals surface area (Å²) in [5.41, 5.74) is 8.37. The molecule has 0 nitrogen and oxygen atoms in total. The van der Waals surface area contributed by atoms with Crippen molar-refractivity contribution < 1.29 is 0 Å². The van der Waals surface area contributed by atoms with E-state index in [1.807, 2.05) is 0 Å². The van der Waals surface area contributed by atoms with E-state index < -0.39 is 0 Å². The minimum absolute atomic E-state index is 1.03. The lowest BCUT2D eigenvalue weighted by molar-refractivity contribution is 0.938. The van der Waals surface area contributed by atoms with Crippen LogP contribution in [0.5, 0.6) is 0 Å². The normalized spacial score (nSPS) is 11.8. The van der Waals surface area contributed by atoms with E-state index in [-0.39, 0.29) is 0 Å². The molecule has 0 aliphatic rings. The van der Waals surface area contributed by atoms with Gasteiger partial charge in [0.15, 0.2) is 0 Å². The molecule has 0 atom stereocenters. The summed E-state index contributed by atoms with van der Waals surface area (Å²) in [6, 6.07) is 0. The Hall–Kier alpha value is -1.56. The fraction of sp³-hybridized carbons (Fsp3) is 0.520. The van der Waals surface area contributed by atoms with Crippen molar-refractivity contribution in [1.82, 2.24) is 0 Å². The van der Waals surface area contributed by atoms with Crippen molar-refractivity contribution in [1.29, 1.82) is 0 Å².